The van der Waals surface area contributed by atoms with E-state index >= 15 is 0 Å². The molecule has 4 nitrogen and oxygen atoms in total. The molecule has 1 rings (SSSR count). The summed E-state index contributed by atoms with van der Waals surface area (Å²) in [6.07, 6.45) is 5.65. The molecule has 0 aliphatic rings. The molecule has 0 saturated heterocycles. The maximum atomic E-state index is 11.6. The van der Waals surface area contributed by atoms with Gasteiger partial charge in [-0.1, -0.05) is 19.9 Å². The van der Waals surface area contributed by atoms with E-state index in [1.807, 2.05) is 12.1 Å². The zero-order valence-electron chi connectivity index (χ0n) is 11.9. The average Bonchev–Trinajstić information content (AvgIpc) is 2.41. The van der Waals surface area contributed by atoms with Crippen molar-refractivity contribution >= 4 is 5.91 Å². The number of ether oxygens (including phenoxy) is 1. The van der Waals surface area contributed by atoms with E-state index in [-0.39, 0.29) is 5.91 Å². The Morgan fingerprint density at radius 2 is 2.32 bits per heavy atom. The van der Waals surface area contributed by atoms with E-state index < -0.39 is 0 Å². The van der Waals surface area contributed by atoms with Gasteiger partial charge in [0.1, 0.15) is 0 Å². The zero-order valence-corrected chi connectivity index (χ0v) is 11.9. The van der Waals surface area contributed by atoms with Crippen LogP contribution in [0.3, 0.4) is 0 Å². The number of aromatic nitrogens is 1. The second-order valence-electron chi connectivity index (χ2n) is 5.03. The summed E-state index contributed by atoms with van der Waals surface area (Å²) >= 11 is 0. The molecule has 0 aromatic carbocycles. The minimum atomic E-state index is 0.0905. The van der Waals surface area contributed by atoms with Gasteiger partial charge in [0, 0.05) is 38.6 Å². The van der Waals surface area contributed by atoms with Crippen molar-refractivity contribution in [2.24, 2.45) is 5.92 Å². The Hall–Kier alpha value is -1.42. The zero-order chi connectivity index (χ0) is 13.9. The number of amides is 1. The largest absolute Gasteiger partial charge is 0.381 e. The molecule has 19 heavy (non-hydrogen) atoms. The molecule has 1 heterocycles. The van der Waals surface area contributed by atoms with E-state index in [0.717, 1.165) is 25.0 Å². The van der Waals surface area contributed by atoms with Crippen LogP contribution in [-0.2, 0) is 16.0 Å². The number of nitrogens with one attached hydrogen (secondary N) is 1. The first-order valence-corrected chi connectivity index (χ1v) is 6.92. The molecule has 0 unspecified atom stereocenters. The Kier molecular flexibility index (Phi) is 7.82. The molecule has 0 aliphatic heterocycles. The van der Waals surface area contributed by atoms with Crippen LogP contribution in [0.25, 0.3) is 0 Å². The number of nitrogens with zero attached hydrogens (tertiary/aromatic N) is 1. The molecule has 0 saturated carbocycles. The van der Waals surface area contributed by atoms with Crippen LogP contribution in [0.15, 0.2) is 24.5 Å². The SMILES string of the molecule is CC(C)COCCCNC(=O)CCc1cccnc1. The molecular weight excluding hydrogens is 240 g/mol. The van der Waals surface area contributed by atoms with E-state index in [4.69, 9.17) is 4.74 Å². The maximum Gasteiger partial charge on any atom is 0.220 e. The molecule has 0 radical (unpaired) electrons. The van der Waals surface area contributed by atoms with Gasteiger partial charge in [-0.2, -0.15) is 0 Å². The van der Waals surface area contributed by atoms with E-state index in [1.165, 1.54) is 0 Å². The number of aryl methyl sites for hydroxylation is 1. The molecule has 0 spiro atoms. The maximum absolute atomic E-state index is 11.6. The minimum Gasteiger partial charge on any atom is -0.381 e. The highest BCUT2D eigenvalue weighted by Crippen LogP contribution is 2.00. The van der Waals surface area contributed by atoms with Gasteiger partial charge >= 0.3 is 0 Å². The predicted octanol–water partition coefficient (Wildman–Crippen LogP) is 2.19. The summed E-state index contributed by atoms with van der Waals surface area (Å²) in [5.74, 6) is 0.654. The summed E-state index contributed by atoms with van der Waals surface area (Å²) in [6.45, 7) is 6.43. The molecule has 0 fully saturated rings. The van der Waals surface area contributed by atoms with Crippen LogP contribution in [0, 0.1) is 5.92 Å². The quantitative estimate of drug-likeness (QED) is 0.696. The number of carbonyl (C=O) groups is 1. The van der Waals surface area contributed by atoms with Gasteiger partial charge < -0.3 is 10.1 Å². The monoisotopic (exact) mass is 264 g/mol. The highest BCUT2D eigenvalue weighted by atomic mass is 16.5. The van der Waals surface area contributed by atoms with Gasteiger partial charge in [0.05, 0.1) is 0 Å². The van der Waals surface area contributed by atoms with Gasteiger partial charge in [-0.05, 0) is 30.4 Å². The van der Waals surface area contributed by atoms with E-state index in [2.05, 4.69) is 24.1 Å². The summed E-state index contributed by atoms with van der Waals surface area (Å²) in [4.78, 5) is 15.6. The van der Waals surface area contributed by atoms with Gasteiger partial charge in [-0.3, -0.25) is 9.78 Å². The van der Waals surface area contributed by atoms with Gasteiger partial charge in [-0.25, -0.2) is 0 Å². The highest BCUT2D eigenvalue weighted by Gasteiger charge is 2.01. The summed E-state index contributed by atoms with van der Waals surface area (Å²) in [7, 11) is 0. The number of pyridine rings is 1. The Morgan fingerprint density at radius 3 is 3.00 bits per heavy atom. The van der Waals surface area contributed by atoms with E-state index in [1.54, 1.807) is 12.4 Å². The van der Waals surface area contributed by atoms with Crippen molar-refractivity contribution in [2.45, 2.75) is 33.1 Å². The first kappa shape index (κ1) is 15.6. The lowest BCUT2D eigenvalue weighted by Gasteiger charge is -2.07. The van der Waals surface area contributed by atoms with Crippen LogP contribution in [0.5, 0.6) is 0 Å². The van der Waals surface area contributed by atoms with Crippen LogP contribution in [0.1, 0.15) is 32.3 Å². The van der Waals surface area contributed by atoms with Crippen LogP contribution < -0.4 is 5.32 Å². The number of hydrogen-bond acceptors (Lipinski definition) is 3. The second-order valence-corrected chi connectivity index (χ2v) is 5.03. The fourth-order valence-electron chi connectivity index (χ4n) is 1.61. The van der Waals surface area contributed by atoms with Crippen LogP contribution in [0.2, 0.25) is 0 Å². The second kappa shape index (κ2) is 9.50. The molecule has 0 atom stereocenters. The number of carbonyl (C=O) groups excluding carboxylic acids is 1. The minimum absolute atomic E-state index is 0.0905. The Balaban J connectivity index is 1.99. The fourth-order valence-corrected chi connectivity index (χ4v) is 1.61. The van der Waals surface area contributed by atoms with Crippen LogP contribution in [-0.4, -0.2) is 30.6 Å². The Bertz CT molecular complexity index is 352. The van der Waals surface area contributed by atoms with Gasteiger partial charge in [-0.15, -0.1) is 0 Å². The molecule has 1 amide bonds. The summed E-state index contributed by atoms with van der Waals surface area (Å²) in [5.41, 5.74) is 1.10. The standard InChI is InChI=1S/C15H24N2O2/c1-13(2)12-19-10-4-9-17-15(18)7-6-14-5-3-8-16-11-14/h3,5,8,11,13H,4,6-7,9-10,12H2,1-2H3,(H,17,18). The molecule has 106 valence electrons. The first-order chi connectivity index (χ1) is 9.18. The Morgan fingerprint density at radius 1 is 1.47 bits per heavy atom. The van der Waals surface area contributed by atoms with Crippen molar-refractivity contribution in [3.05, 3.63) is 30.1 Å². The van der Waals surface area contributed by atoms with Crippen molar-refractivity contribution < 1.29 is 9.53 Å². The summed E-state index contributed by atoms with van der Waals surface area (Å²) < 4.78 is 5.45. The van der Waals surface area contributed by atoms with Crippen molar-refractivity contribution in [1.29, 1.82) is 0 Å². The summed E-state index contributed by atoms with van der Waals surface area (Å²) in [5, 5.41) is 2.90. The summed E-state index contributed by atoms with van der Waals surface area (Å²) in [6, 6.07) is 3.87. The third-order valence-corrected chi connectivity index (χ3v) is 2.60. The fraction of sp³-hybridized carbons (Fsp3) is 0.600. The topological polar surface area (TPSA) is 51.2 Å². The smallest absolute Gasteiger partial charge is 0.220 e. The van der Waals surface area contributed by atoms with Crippen molar-refractivity contribution in [2.75, 3.05) is 19.8 Å². The lowest BCUT2D eigenvalue weighted by molar-refractivity contribution is -0.121. The molecule has 4 heteroatoms. The molecule has 0 bridgehead atoms. The van der Waals surface area contributed by atoms with Crippen molar-refractivity contribution in [3.63, 3.8) is 0 Å². The third kappa shape index (κ3) is 8.32. The first-order valence-electron chi connectivity index (χ1n) is 6.92. The molecule has 0 aliphatic carbocycles. The molecule has 1 aromatic rings. The van der Waals surface area contributed by atoms with E-state index in [0.29, 0.717) is 25.5 Å². The molecule has 1 aromatic heterocycles. The van der Waals surface area contributed by atoms with Crippen molar-refractivity contribution in [1.82, 2.24) is 10.3 Å². The average molecular weight is 264 g/mol. The highest BCUT2D eigenvalue weighted by molar-refractivity contribution is 5.76. The van der Waals surface area contributed by atoms with Crippen LogP contribution >= 0.6 is 0 Å². The lowest BCUT2D eigenvalue weighted by atomic mass is 10.1. The van der Waals surface area contributed by atoms with E-state index in [9.17, 15) is 4.79 Å². The van der Waals surface area contributed by atoms with Crippen molar-refractivity contribution in [3.8, 4) is 0 Å². The number of rotatable bonds is 9. The number of hydrogen-bond donors (Lipinski definition) is 1. The normalized spacial score (nSPS) is 10.7. The van der Waals surface area contributed by atoms with Gasteiger partial charge in [0.15, 0.2) is 0 Å². The Labute approximate surface area is 115 Å². The van der Waals surface area contributed by atoms with Gasteiger partial charge in [0.2, 0.25) is 5.91 Å². The predicted molar refractivity (Wildman–Crippen MR) is 75.8 cm³/mol. The van der Waals surface area contributed by atoms with Crippen LogP contribution in [0.4, 0.5) is 0 Å². The lowest BCUT2D eigenvalue weighted by Crippen LogP contribution is -2.25. The molecule has 1 N–H and O–H groups in total. The molecular formula is C15H24N2O2. The third-order valence-electron chi connectivity index (χ3n) is 2.60. The van der Waals surface area contributed by atoms with Gasteiger partial charge in [0.25, 0.3) is 0 Å².